The highest BCUT2D eigenvalue weighted by Crippen LogP contribution is 2.29. The molecule has 12 N–H and O–H groups in total. The lowest BCUT2D eigenvalue weighted by molar-refractivity contribution is -0.148. The molecule has 6 amide bonds. The van der Waals surface area contributed by atoms with Gasteiger partial charge in [-0.15, -0.1) is 0 Å². The van der Waals surface area contributed by atoms with E-state index in [-0.39, 0.29) is 28.2 Å². The fourth-order valence-corrected chi connectivity index (χ4v) is 8.72. The summed E-state index contributed by atoms with van der Waals surface area (Å²) in [5.74, 6) is -5.26. The van der Waals surface area contributed by atoms with E-state index in [1.54, 1.807) is 0 Å². The van der Waals surface area contributed by atoms with Gasteiger partial charge in [-0.05, 0) is 81.1 Å². The average molecular weight is 829 g/mol. The molecule has 334 valence electrons. The number of nitrogens with zero attached hydrogens (tertiary/aromatic N) is 2. The third-order valence-electron chi connectivity index (χ3n) is 10.7. The number of nitrogens with one attached hydrogen (secondary N) is 5. The number of likely N-dealkylation sites (tertiary alicyclic amines) is 1. The van der Waals surface area contributed by atoms with E-state index in [1.165, 1.54) is 21.0 Å². The van der Waals surface area contributed by atoms with Crippen molar-refractivity contribution in [3.63, 3.8) is 0 Å². The van der Waals surface area contributed by atoms with Crippen molar-refractivity contribution in [2.45, 2.75) is 178 Å². The molecule has 19 nitrogen and oxygen atoms in total. The summed E-state index contributed by atoms with van der Waals surface area (Å²) in [4.78, 5) is 79.5. The predicted molar refractivity (Wildman–Crippen MR) is 214 cm³/mol. The molecule has 3 fully saturated rings. The summed E-state index contributed by atoms with van der Waals surface area (Å²) in [6.07, 6.45) is -5.07. The number of hydrogen-bond acceptors (Lipinski definition) is 14. The Morgan fingerprint density at radius 3 is 1.76 bits per heavy atom. The van der Waals surface area contributed by atoms with Gasteiger partial charge in [0.25, 0.3) is 5.91 Å². The molecule has 3 aliphatic heterocycles. The number of aliphatic hydroxyl groups excluding tert-OH is 5. The Kier molecular flexibility index (Phi) is 17.8. The van der Waals surface area contributed by atoms with Crippen LogP contribution in [0.4, 0.5) is 0 Å². The zero-order valence-corrected chi connectivity index (χ0v) is 36.2. The molecule has 58 heavy (non-hydrogen) atoms. The number of carbonyl (C=O) groups is 6. The van der Waals surface area contributed by atoms with E-state index in [2.05, 4.69) is 54.3 Å². The number of nitrogens with two attached hydrogens (primary N) is 1. The van der Waals surface area contributed by atoms with Crippen LogP contribution in [0.25, 0.3) is 0 Å². The molecule has 0 aliphatic carbocycles. The quantitative estimate of drug-likeness (QED) is 0.0752. The van der Waals surface area contributed by atoms with Gasteiger partial charge in [-0.3, -0.25) is 33.7 Å². The van der Waals surface area contributed by atoms with E-state index in [0.29, 0.717) is 23.8 Å². The van der Waals surface area contributed by atoms with Crippen LogP contribution in [0.5, 0.6) is 0 Å². The van der Waals surface area contributed by atoms with E-state index in [1.807, 2.05) is 27.7 Å². The largest absolute Gasteiger partial charge is 0.394 e. The zero-order chi connectivity index (χ0) is 44.7. The topological polar surface area (TPSA) is 296 Å². The van der Waals surface area contributed by atoms with Crippen molar-refractivity contribution in [3.05, 3.63) is 0 Å². The number of likely N-dealkylation sites (N-methyl/N-ethyl adjacent to an activating group) is 2. The monoisotopic (exact) mass is 829 g/mol. The normalized spacial score (nSPS) is 24.6. The number of hydrogen-bond donors (Lipinski definition) is 11. The molecule has 3 aliphatic rings. The highest BCUT2D eigenvalue weighted by molar-refractivity contribution is 6.10. The minimum absolute atomic E-state index is 0.209. The summed E-state index contributed by atoms with van der Waals surface area (Å²) >= 11 is 0. The Balaban J connectivity index is 0.000000904. The molecule has 0 aromatic carbocycles. The lowest BCUT2D eigenvalue weighted by atomic mass is 9.79. The fraction of sp³-hybridized carbons (Fsp3) is 0.846. The van der Waals surface area contributed by atoms with E-state index in [4.69, 9.17) is 10.8 Å². The van der Waals surface area contributed by atoms with Crippen molar-refractivity contribution in [1.29, 1.82) is 0 Å². The number of carbonyl (C=O) groups excluding carboxylic acids is 6. The highest BCUT2D eigenvalue weighted by atomic mass is 16.4. The third kappa shape index (κ3) is 15.1. The molecule has 0 spiro atoms. The van der Waals surface area contributed by atoms with Crippen molar-refractivity contribution < 1.29 is 54.3 Å². The highest BCUT2D eigenvalue weighted by Gasteiger charge is 2.47. The molecule has 3 rings (SSSR count). The van der Waals surface area contributed by atoms with Gasteiger partial charge >= 0.3 is 0 Å². The SMILES string of the molecule is CC1(C)CC(N)CC(C)(C)N1.CNC(=O)C(CC(=O)NC1CC(C)(C)NC(C)(C)C1)N1C(=O)CC(NC(=O)C(C)CC(=O)N(C)CC(O)C(O)C(O)C(O)CO)C1=O. The van der Waals surface area contributed by atoms with Crippen LogP contribution >= 0.6 is 0 Å². The van der Waals surface area contributed by atoms with Gasteiger partial charge in [0.15, 0.2) is 0 Å². The Bertz CT molecular complexity index is 1440. The Hall–Kier alpha value is -3.30. The van der Waals surface area contributed by atoms with Crippen LogP contribution in [-0.2, 0) is 28.8 Å². The van der Waals surface area contributed by atoms with Crippen LogP contribution in [0.1, 0.15) is 107 Å². The molecule has 3 saturated heterocycles. The van der Waals surface area contributed by atoms with Gasteiger partial charge < -0.3 is 62.8 Å². The first-order chi connectivity index (χ1) is 26.4. The summed E-state index contributed by atoms with van der Waals surface area (Å²) in [6, 6.07) is -2.63. The number of aliphatic hydroxyl groups is 5. The molecular formula is C39H72N8O11. The smallest absolute Gasteiger partial charge is 0.253 e. The van der Waals surface area contributed by atoms with Crippen LogP contribution in [-0.4, -0.2) is 169 Å². The van der Waals surface area contributed by atoms with Gasteiger partial charge in [-0.2, -0.15) is 0 Å². The van der Waals surface area contributed by atoms with Crippen LogP contribution in [0.2, 0.25) is 0 Å². The van der Waals surface area contributed by atoms with E-state index >= 15 is 0 Å². The minimum Gasteiger partial charge on any atom is -0.394 e. The summed E-state index contributed by atoms with van der Waals surface area (Å²) in [5.41, 5.74) is 5.84. The second kappa shape index (κ2) is 20.3. The maximum Gasteiger partial charge on any atom is 0.253 e. The van der Waals surface area contributed by atoms with Gasteiger partial charge in [0, 0.05) is 67.2 Å². The number of imide groups is 1. The van der Waals surface area contributed by atoms with Gasteiger partial charge in [-0.25, -0.2) is 0 Å². The molecule has 0 saturated carbocycles. The van der Waals surface area contributed by atoms with Gasteiger partial charge in [0.05, 0.1) is 19.4 Å². The molecule has 0 radical (unpaired) electrons. The second-order valence-electron chi connectivity index (χ2n) is 19.0. The maximum absolute atomic E-state index is 13.3. The average Bonchev–Trinajstić information content (AvgIpc) is 3.33. The summed E-state index contributed by atoms with van der Waals surface area (Å²) < 4.78 is 0. The van der Waals surface area contributed by atoms with Gasteiger partial charge in [0.2, 0.25) is 29.5 Å². The molecule has 0 bridgehead atoms. The lowest BCUT2D eigenvalue weighted by Gasteiger charge is -2.46. The lowest BCUT2D eigenvalue weighted by Crippen LogP contribution is -2.62. The standard InChI is InChI=1S/C30H52N6O11.C9H20N2/c1-15(8-22(41)35(7)13-19(38)24(43)25(44)20(39)14-37)26(45)33-17-9-23(42)36(28(17)47)18(27(46)31-6)10-21(40)32-16-11-29(2,3)34-30(4,5)12-16;1-8(2)5-7(10)6-9(3,4)11-8/h15-20,24-25,34,37-39,43-44H,8-14H2,1-7H3,(H,31,46)(H,32,40)(H,33,45);7,11H,5-6,10H2,1-4H3. The number of amides is 6. The van der Waals surface area contributed by atoms with Crippen molar-refractivity contribution >= 4 is 35.4 Å². The molecule has 0 aromatic rings. The summed E-state index contributed by atoms with van der Waals surface area (Å²) in [5, 5.41) is 63.1. The summed E-state index contributed by atoms with van der Waals surface area (Å²) in [7, 11) is 2.59. The Morgan fingerprint density at radius 2 is 1.29 bits per heavy atom. The van der Waals surface area contributed by atoms with Crippen LogP contribution in [0.3, 0.4) is 0 Å². The summed E-state index contributed by atoms with van der Waals surface area (Å²) in [6.45, 7) is 17.0. The van der Waals surface area contributed by atoms with Crippen LogP contribution in [0.15, 0.2) is 0 Å². The second-order valence-corrected chi connectivity index (χ2v) is 19.0. The van der Waals surface area contributed by atoms with Crippen molar-refractivity contribution in [3.8, 4) is 0 Å². The van der Waals surface area contributed by atoms with Gasteiger partial charge in [-0.1, -0.05) is 6.92 Å². The number of piperidine rings is 2. The predicted octanol–water partition coefficient (Wildman–Crippen LogP) is -2.67. The molecule has 0 aromatic heterocycles. The molecule has 3 heterocycles. The first-order valence-electron chi connectivity index (χ1n) is 20.0. The van der Waals surface area contributed by atoms with Gasteiger partial charge in [0.1, 0.15) is 36.5 Å². The third-order valence-corrected chi connectivity index (χ3v) is 10.7. The number of rotatable bonds is 15. The molecule has 19 heteroatoms. The first-order valence-corrected chi connectivity index (χ1v) is 20.0. The van der Waals surface area contributed by atoms with Crippen LogP contribution < -0.4 is 32.3 Å². The zero-order valence-electron chi connectivity index (χ0n) is 36.2. The Labute approximate surface area is 342 Å². The van der Waals surface area contributed by atoms with E-state index in [0.717, 1.165) is 17.7 Å². The van der Waals surface area contributed by atoms with Crippen molar-refractivity contribution in [2.75, 3.05) is 27.2 Å². The molecule has 7 atom stereocenters. The fourth-order valence-electron chi connectivity index (χ4n) is 8.72. The van der Waals surface area contributed by atoms with Crippen molar-refractivity contribution in [2.24, 2.45) is 11.7 Å². The first kappa shape index (κ1) is 50.8. The maximum atomic E-state index is 13.3. The van der Waals surface area contributed by atoms with E-state index in [9.17, 15) is 49.2 Å². The Morgan fingerprint density at radius 1 is 0.810 bits per heavy atom. The van der Waals surface area contributed by atoms with Crippen molar-refractivity contribution in [1.82, 2.24) is 36.4 Å². The molecular weight excluding hydrogens is 756 g/mol. The molecule has 7 unspecified atom stereocenters. The van der Waals surface area contributed by atoms with Crippen LogP contribution in [0, 0.1) is 5.92 Å². The minimum atomic E-state index is -1.88. The van der Waals surface area contributed by atoms with E-state index < -0.39 is 110 Å².